The van der Waals surface area contributed by atoms with Gasteiger partial charge >= 0.3 is 5.97 Å². The molecule has 0 aliphatic heterocycles. The van der Waals surface area contributed by atoms with Gasteiger partial charge in [0.2, 0.25) is 15.9 Å². The molecule has 0 atom stereocenters. The average Bonchev–Trinajstić information content (AvgIpc) is 3.20. The van der Waals surface area contributed by atoms with Gasteiger partial charge in [-0.3, -0.25) is 4.79 Å². The highest BCUT2D eigenvalue weighted by molar-refractivity contribution is 7.89. The van der Waals surface area contributed by atoms with Crippen molar-refractivity contribution in [2.24, 2.45) is 0 Å². The van der Waals surface area contributed by atoms with Crippen molar-refractivity contribution in [3.05, 3.63) is 65.0 Å². The molecule has 1 aromatic heterocycles. The van der Waals surface area contributed by atoms with E-state index in [0.29, 0.717) is 16.1 Å². The molecular formula is C18H13ClN4O5S. The van der Waals surface area contributed by atoms with Crippen molar-refractivity contribution in [3.63, 3.8) is 0 Å². The number of hydrogen-bond acceptors (Lipinski definition) is 8. The molecule has 29 heavy (non-hydrogen) atoms. The minimum atomic E-state index is -3.92. The van der Waals surface area contributed by atoms with Crippen LogP contribution in [0.3, 0.4) is 0 Å². The van der Waals surface area contributed by atoms with Crippen LogP contribution in [0.4, 0.5) is 0 Å². The summed E-state index contributed by atoms with van der Waals surface area (Å²) in [5.74, 6) is -0.541. The normalized spacial score (nSPS) is 11.0. The molecule has 0 spiro atoms. The molecule has 0 unspecified atom stereocenters. The summed E-state index contributed by atoms with van der Waals surface area (Å²) in [6.07, 6.45) is 0. The Morgan fingerprint density at radius 3 is 2.48 bits per heavy atom. The minimum absolute atomic E-state index is 0.0539. The number of hydrogen-bond donors (Lipinski definition) is 1. The zero-order valence-corrected chi connectivity index (χ0v) is 16.3. The summed E-state index contributed by atoms with van der Waals surface area (Å²) < 4.78 is 36.7. The molecule has 0 fully saturated rings. The van der Waals surface area contributed by atoms with Crippen LogP contribution >= 0.6 is 11.6 Å². The fraction of sp³-hybridized carbons (Fsp3) is 0.111. The lowest BCUT2D eigenvalue weighted by molar-refractivity contribution is -0.144. The topological polar surface area (TPSA) is 135 Å². The number of carbonyl (C=O) groups is 1. The van der Waals surface area contributed by atoms with Crippen molar-refractivity contribution in [1.82, 2.24) is 14.9 Å². The number of ether oxygens (including phenoxy) is 1. The van der Waals surface area contributed by atoms with Crippen LogP contribution in [-0.4, -0.2) is 31.1 Å². The summed E-state index contributed by atoms with van der Waals surface area (Å²) in [6, 6.07) is 13.9. The molecule has 1 heterocycles. The smallest absolute Gasteiger partial charge is 0.321 e. The van der Waals surface area contributed by atoms with Gasteiger partial charge in [0.25, 0.3) is 5.89 Å². The second-order valence-electron chi connectivity index (χ2n) is 5.63. The van der Waals surface area contributed by atoms with Crippen LogP contribution in [-0.2, 0) is 26.2 Å². The first-order valence-corrected chi connectivity index (χ1v) is 9.97. The van der Waals surface area contributed by atoms with E-state index in [0.717, 1.165) is 0 Å². The van der Waals surface area contributed by atoms with Crippen LogP contribution in [0.5, 0.6) is 0 Å². The molecule has 0 aliphatic carbocycles. The quantitative estimate of drug-likeness (QED) is 0.561. The molecule has 1 N–H and O–H groups in total. The standard InChI is InChI=1S/C18H13ClN4O5S/c19-14-5-3-13(4-6-14)18-23-22-16(28-18)11-27-17(24)10-21-29(25,26)15-7-1-12(9-20)2-8-15/h1-8,21H,10-11H2. The number of rotatable bonds is 7. The molecule has 9 nitrogen and oxygen atoms in total. The zero-order valence-electron chi connectivity index (χ0n) is 14.7. The van der Waals surface area contributed by atoms with E-state index in [9.17, 15) is 13.2 Å². The van der Waals surface area contributed by atoms with E-state index in [1.807, 2.05) is 6.07 Å². The van der Waals surface area contributed by atoms with E-state index in [2.05, 4.69) is 14.9 Å². The predicted molar refractivity (Wildman–Crippen MR) is 101 cm³/mol. The Morgan fingerprint density at radius 2 is 1.83 bits per heavy atom. The lowest BCUT2D eigenvalue weighted by Crippen LogP contribution is -2.30. The van der Waals surface area contributed by atoms with Gasteiger partial charge < -0.3 is 9.15 Å². The van der Waals surface area contributed by atoms with Crippen molar-refractivity contribution in [3.8, 4) is 17.5 Å². The number of nitrogens with one attached hydrogen (secondary N) is 1. The van der Waals surface area contributed by atoms with Crippen LogP contribution < -0.4 is 4.72 Å². The Kier molecular flexibility index (Phi) is 6.23. The molecule has 0 amide bonds. The Hall–Kier alpha value is -3.26. The number of nitriles is 1. The molecule has 0 radical (unpaired) electrons. The number of esters is 1. The van der Waals surface area contributed by atoms with Crippen LogP contribution in [0.1, 0.15) is 11.5 Å². The fourth-order valence-electron chi connectivity index (χ4n) is 2.16. The third-order valence-electron chi connectivity index (χ3n) is 3.61. The Bertz CT molecular complexity index is 1150. The van der Waals surface area contributed by atoms with Gasteiger partial charge in [-0.25, -0.2) is 8.42 Å². The molecule has 11 heteroatoms. The summed E-state index contributed by atoms with van der Waals surface area (Å²) in [5.41, 5.74) is 0.968. The van der Waals surface area contributed by atoms with Gasteiger partial charge in [0, 0.05) is 10.6 Å². The van der Waals surface area contributed by atoms with Crippen LogP contribution in [0.15, 0.2) is 57.8 Å². The molecule has 0 saturated heterocycles. The third-order valence-corrected chi connectivity index (χ3v) is 5.28. The summed E-state index contributed by atoms with van der Waals surface area (Å²) in [7, 11) is -3.92. The highest BCUT2D eigenvalue weighted by Crippen LogP contribution is 2.20. The zero-order chi connectivity index (χ0) is 20.9. The monoisotopic (exact) mass is 432 g/mol. The summed E-state index contributed by atoms with van der Waals surface area (Å²) in [6.45, 7) is -0.890. The maximum absolute atomic E-state index is 12.1. The van der Waals surface area contributed by atoms with Crippen molar-refractivity contribution < 1.29 is 22.4 Å². The maximum atomic E-state index is 12.1. The lowest BCUT2D eigenvalue weighted by Gasteiger charge is -2.06. The number of aromatic nitrogens is 2. The van der Waals surface area contributed by atoms with E-state index < -0.39 is 22.5 Å². The number of sulfonamides is 1. The summed E-state index contributed by atoms with van der Waals surface area (Å²) in [5, 5.41) is 16.9. The molecule has 148 valence electrons. The van der Waals surface area contributed by atoms with E-state index in [-0.39, 0.29) is 23.3 Å². The summed E-state index contributed by atoms with van der Waals surface area (Å²) >= 11 is 5.82. The minimum Gasteiger partial charge on any atom is -0.455 e. The SMILES string of the molecule is N#Cc1ccc(S(=O)(=O)NCC(=O)OCc2nnc(-c3ccc(Cl)cc3)o2)cc1. The highest BCUT2D eigenvalue weighted by atomic mass is 35.5. The van der Waals surface area contributed by atoms with Crippen LogP contribution in [0, 0.1) is 11.3 Å². The molecule has 0 saturated carbocycles. The van der Waals surface area contributed by atoms with Crippen molar-refractivity contribution in [1.29, 1.82) is 5.26 Å². The lowest BCUT2D eigenvalue weighted by atomic mass is 10.2. The second kappa shape index (κ2) is 8.83. The number of benzene rings is 2. The van der Waals surface area contributed by atoms with E-state index in [4.69, 9.17) is 26.0 Å². The van der Waals surface area contributed by atoms with Crippen molar-refractivity contribution >= 4 is 27.6 Å². The Balaban J connectivity index is 1.52. The van der Waals surface area contributed by atoms with Gasteiger partial charge in [-0.05, 0) is 48.5 Å². The van der Waals surface area contributed by atoms with E-state index in [1.54, 1.807) is 24.3 Å². The predicted octanol–water partition coefficient (Wildman–Crippen LogP) is 2.28. The molecule has 3 rings (SSSR count). The molecule has 3 aromatic rings. The second-order valence-corrected chi connectivity index (χ2v) is 7.83. The van der Waals surface area contributed by atoms with Crippen molar-refractivity contribution in [2.45, 2.75) is 11.5 Å². The van der Waals surface area contributed by atoms with Crippen LogP contribution in [0.25, 0.3) is 11.5 Å². The number of halogens is 1. The van der Waals surface area contributed by atoms with Gasteiger partial charge in [0.05, 0.1) is 16.5 Å². The Labute approximate surface area is 170 Å². The molecule has 0 aliphatic rings. The highest BCUT2D eigenvalue weighted by Gasteiger charge is 2.17. The van der Waals surface area contributed by atoms with Gasteiger partial charge in [-0.15, -0.1) is 10.2 Å². The van der Waals surface area contributed by atoms with Crippen LogP contribution in [0.2, 0.25) is 5.02 Å². The average molecular weight is 433 g/mol. The number of carbonyl (C=O) groups excluding carboxylic acids is 1. The Morgan fingerprint density at radius 1 is 1.14 bits per heavy atom. The summed E-state index contributed by atoms with van der Waals surface area (Å²) in [4.78, 5) is 11.7. The van der Waals surface area contributed by atoms with Gasteiger partial charge in [-0.1, -0.05) is 11.6 Å². The van der Waals surface area contributed by atoms with Gasteiger partial charge in [0.1, 0.15) is 6.54 Å². The van der Waals surface area contributed by atoms with Gasteiger partial charge in [-0.2, -0.15) is 9.98 Å². The molecule has 0 bridgehead atoms. The first kappa shape index (κ1) is 20.5. The third kappa shape index (κ3) is 5.39. The first-order chi connectivity index (χ1) is 13.9. The van der Waals surface area contributed by atoms with E-state index >= 15 is 0 Å². The fourth-order valence-corrected chi connectivity index (χ4v) is 3.26. The van der Waals surface area contributed by atoms with Crippen molar-refractivity contribution in [2.75, 3.05) is 6.54 Å². The largest absolute Gasteiger partial charge is 0.455 e. The molecular weight excluding hydrogens is 420 g/mol. The first-order valence-electron chi connectivity index (χ1n) is 8.11. The van der Waals surface area contributed by atoms with E-state index in [1.165, 1.54) is 24.3 Å². The number of nitrogens with zero attached hydrogens (tertiary/aromatic N) is 3. The maximum Gasteiger partial charge on any atom is 0.321 e. The molecule has 2 aromatic carbocycles. The van der Waals surface area contributed by atoms with Gasteiger partial charge in [0.15, 0.2) is 6.61 Å².